The highest BCUT2D eigenvalue weighted by molar-refractivity contribution is 5.59. The molecular weight excluding hydrogens is 236 g/mol. The minimum Gasteiger partial charge on any atom is -0.496 e. The minimum absolute atomic E-state index is 0.00233. The first-order chi connectivity index (χ1) is 8.80. The van der Waals surface area contributed by atoms with E-state index in [1.54, 1.807) is 7.11 Å². The Kier molecular flexibility index (Phi) is 5.24. The molecule has 0 radical (unpaired) electrons. The predicted molar refractivity (Wildman–Crippen MR) is 83.2 cm³/mol. The Balaban J connectivity index is 3.11. The minimum atomic E-state index is 0.00233. The van der Waals surface area contributed by atoms with E-state index in [9.17, 15) is 0 Å². The quantitative estimate of drug-likeness (QED) is 0.824. The number of nitrogens with two attached hydrogens (primary N) is 1. The molecule has 19 heavy (non-hydrogen) atoms. The third-order valence-corrected chi connectivity index (χ3v) is 3.44. The van der Waals surface area contributed by atoms with E-state index in [1.165, 1.54) is 16.8 Å². The summed E-state index contributed by atoms with van der Waals surface area (Å²) in [7, 11) is 1.73. The van der Waals surface area contributed by atoms with Crippen molar-refractivity contribution >= 4 is 5.69 Å². The molecule has 1 rings (SSSR count). The van der Waals surface area contributed by atoms with Gasteiger partial charge in [-0.1, -0.05) is 13.8 Å². The molecule has 0 fully saturated rings. The van der Waals surface area contributed by atoms with Crippen molar-refractivity contribution in [2.45, 2.75) is 52.5 Å². The standard InChI is InChI=1S/C16H28N2O/c1-11(2)13-10-14(12(3)9-15(13)19-6)18-16(4,5)7-8-17/h9-11,18H,7-8,17H2,1-6H3. The van der Waals surface area contributed by atoms with Crippen molar-refractivity contribution in [3.8, 4) is 5.75 Å². The lowest BCUT2D eigenvalue weighted by Crippen LogP contribution is -2.33. The zero-order valence-electron chi connectivity index (χ0n) is 13.1. The second-order valence-electron chi connectivity index (χ2n) is 6.11. The molecule has 0 aliphatic heterocycles. The molecule has 0 spiro atoms. The van der Waals surface area contributed by atoms with E-state index in [-0.39, 0.29) is 5.54 Å². The molecule has 0 atom stereocenters. The lowest BCUT2D eigenvalue weighted by molar-refractivity contribution is 0.407. The summed E-state index contributed by atoms with van der Waals surface area (Å²) in [5.41, 5.74) is 9.28. The summed E-state index contributed by atoms with van der Waals surface area (Å²) >= 11 is 0. The van der Waals surface area contributed by atoms with Gasteiger partial charge in [0.2, 0.25) is 0 Å². The molecule has 0 bridgehead atoms. The highest BCUT2D eigenvalue weighted by Gasteiger charge is 2.19. The maximum absolute atomic E-state index is 5.67. The van der Waals surface area contributed by atoms with E-state index in [0.29, 0.717) is 12.5 Å². The van der Waals surface area contributed by atoms with Crippen LogP contribution in [0.5, 0.6) is 5.75 Å². The Morgan fingerprint density at radius 2 is 1.95 bits per heavy atom. The summed E-state index contributed by atoms with van der Waals surface area (Å²) in [6, 6.07) is 4.31. The number of hydrogen-bond acceptors (Lipinski definition) is 3. The van der Waals surface area contributed by atoms with E-state index < -0.39 is 0 Å². The molecule has 108 valence electrons. The highest BCUT2D eigenvalue weighted by atomic mass is 16.5. The second-order valence-corrected chi connectivity index (χ2v) is 6.11. The van der Waals surface area contributed by atoms with Crippen LogP contribution in [0.1, 0.15) is 51.2 Å². The normalized spacial score (nSPS) is 11.8. The summed E-state index contributed by atoms with van der Waals surface area (Å²) in [6.45, 7) is 11.5. The largest absolute Gasteiger partial charge is 0.496 e. The fourth-order valence-corrected chi connectivity index (χ4v) is 2.25. The summed E-state index contributed by atoms with van der Waals surface area (Å²) in [6.07, 6.45) is 0.940. The van der Waals surface area contributed by atoms with Gasteiger partial charge in [-0.25, -0.2) is 0 Å². The lowest BCUT2D eigenvalue weighted by atomic mass is 9.96. The molecule has 0 saturated carbocycles. The molecule has 1 aromatic carbocycles. The molecule has 0 unspecified atom stereocenters. The smallest absolute Gasteiger partial charge is 0.122 e. The number of hydrogen-bond donors (Lipinski definition) is 2. The van der Waals surface area contributed by atoms with Crippen LogP contribution in [0.4, 0.5) is 5.69 Å². The molecule has 0 amide bonds. The molecule has 3 N–H and O–H groups in total. The van der Waals surface area contributed by atoms with Crippen LogP contribution in [0.25, 0.3) is 0 Å². The number of benzene rings is 1. The van der Waals surface area contributed by atoms with Crippen molar-refractivity contribution in [1.82, 2.24) is 0 Å². The number of rotatable bonds is 6. The zero-order chi connectivity index (χ0) is 14.6. The highest BCUT2D eigenvalue weighted by Crippen LogP contribution is 2.33. The Morgan fingerprint density at radius 1 is 1.32 bits per heavy atom. The summed E-state index contributed by atoms with van der Waals surface area (Å²) in [5, 5.41) is 3.60. The summed E-state index contributed by atoms with van der Waals surface area (Å²) in [5.74, 6) is 1.41. The van der Waals surface area contributed by atoms with Crippen LogP contribution in [-0.2, 0) is 0 Å². The predicted octanol–water partition coefficient (Wildman–Crippen LogP) is 3.67. The van der Waals surface area contributed by atoms with Crippen LogP contribution in [-0.4, -0.2) is 19.2 Å². The average molecular weight is 264 g/mol. The Labute approximate surface area is 117 Å². The van der Waals surface area contributed by atoms with Crippen molar-refractivity contribution in [3.05, 3.63) is 23.3 Å². The molecule has 3 nitrogen and oxygen atoms in total. The molecule has 3 heteroatoms. The van der Waals surface area contributed by atoms with Crippen molar-refractivity contribution in [2.75, 3.05) is 19.0 Å². The van der Waals surface area contributed by atoms with Gasteiger partial charge in [-0.05, 0) is 62.9 Å². The van der Waals surface area contributed by atoms with Gasteiger partial charge >= 0.3 is 0 Å². The molecule has 0 aliphatic carbocycles. The fraction of sp³-hybridized carbons (Fsp3) is 0.625. The van der Waals surface area contributed by atoms with Crippen LogP contribution in [0.15, 0.2) is 12.1 Å². The van der Waals surface area contributed by atoms with E-state index in [2.05, 4.69) is 52.1 Å². The van der Waals surface area contributed by atoms with Crippen molar-refractivity contribution in [3.63, 3.8) is 0 Å². The van der Waals surface area contributed by atoms with Crippen molar-refractivity contribution in [1.29, 1.82) is 0 Å². The third kappa shape index (κ3) is 4.13. The third-order valence-electron chi connectivity index (χ3n) is 3.44. The molecule has 0 aliphatic rings. The van der Waals surface area contributed by atoms with Gasteiger partial charge in [-0.2, -0.15) is 0 Å². The van der Waals surface area contributed by atoms with E-state index in [1.807, 2.05) is 0 Å². The van der Waals surface area contributed by atoms with Gasteiger partial charge in [-0.3, -0.25) is 0 Å². The summed E-state index contributed by atoms with van der Waals surface area (Å²) < 4.78 is 5.47. The van der Waals surface area contributed by atoms with Crippen molar-refractivity contribution < 1.29 is 4.74 Å². The Hall–Kier alpha value is -1.22. The first-order valence-corrected chi connectivity index (χ1v) is 6.97. The van der Waals surface area contributed by atoms with Gasteiger partial charge in [0.1, 0.15) is 5.75 Å². The van der Waals surface area contributed by atoms with Crippen LogP contribution in [0.3, 0.4) is 0 Å². The second kappa shape index (κ2) is 6.29. The van der Waals surface area contributed by atoms with Crippen LogP contribution in [0, 0.1) is 6.92 Å². The van der Waals surface area contributed by atoms with Crippen LogP contribution in [0.2, 0.25) is 0 Å². The number of anilines is 1. The SMILES string of the molecule is COc1cc(C)c(NC(C)(C)CCN)cc1C(C)C. The zero-order valence-corrected chi connectivity index (χ0v) is 13.1. The van der Waals surface area contributed by atoms with E-state index in [4.69, 9.17) is 10.5 Å². The Morgan fingerprint density at radius 3 is 2.42 bits per heavy atom. The first-order valence-electron chi connectivity index (χ1n) is 6.97. The Bertz CT molecular complexity index is 425. The van der Waals surface area contributed by atoms with E-state index in [0.717, 1.165) is 12.2 Å². The van der Waals surface area contributed by atoms with E-state index >= 15 is 0 Å². The maximum atomic E-state index is 5.67. The monoisotopic (exact) mass is 264 g/mol. The van der Waals surface area contributed by atoms with Gasteiger partial charge in [0.25, 0.3) is 0 Å². The molecule has 1 aromatic rings. The van der Waals surface area contributed by atoms with Gasteiger partial charge in [0.05, 0.1) is 7.11 Å². The number of ether oxygens (including phenoxy) is 1. The molecular formula is C16H28N2O. The fourth-order valence-electron chi connectivity index (χ4n) is 2.25. The van der Waals surface area contributed by atoms with Gasteiger partial charge < -0.3 is 15.8 Å². The number of nitrogens with one attached hydrogen (secondary N) is 1. The number of aryl methyl sites for hydroxylation is 1. The molecule has 0 heterocycles. The number of methoxy groups -OCH3 is 1. The van der Waals surface area contributed by atoms with Gasteiger partial charge in [0, 0.05) is 11.2 Å². The lowest BCUT2D eigenvalue weighted by Gasteiger charge is -2.29. The summed E-state index contributed by atoms with van der Waals surface area (Å²) in [4.78, 5) is 0. The average Bonchev–Trinajstić information content (AvgIpc) is 2.30. The first kappa shape index (κ1) is 15.8. The van der Waals surface area contributed by atoms with Crippen LogP contribution >= 0.6 is 0 Å². The van der Waals surface area contributed by atoms with Gasteiger partial charge in [0.15, 0.2) is 0 Å². The molecule has 0 aromatic heterocycles. The maximum Gasteiger partial charge on any atom is 0.122 e. The van der Waals surface area contributed by atoms with Crippen LogP contribution < -0.4 is 15.8 Å². The topological polar surface area (TPSA) is 47.3 Å². The van der Waals surface area contributed by atoms with Gasteiger partial charge in [-0.15, -0.1) is 0 Å². The molecule has 0 saturated heterocycles. The van der Waals surface area contributed by atoms with Crippen molar-refractivity contribution in [2.24, 2.45) is 5.73 Å².